The highest BCUT2D eigenvalue weighted by atomic mass is 32.2. The van der Waals surface area contributed by atoms with Crippen LogP contribution in [0.15, 0.2) is 47.9 Å². The number of hydrogen-bond acceptors (Lipinski definition) is 6. The average Bonchev–Trinajstić information content (AvgIpc) is 3.13. The number of rotatable bonds is 4. The minimum atomic E-state index is -3.65. The smallest absolute Gasteiger partial charge is 0.262 e. The molecule has 0 N–H and O–H groups in total. The van der Waals surface area contributed by atoms with E-state index in [0.29, 0.717) is 24.4 Å². The first kappa shape index (κ1) is 17.1. The lowest BCUT2D eigenvalue weighted by atomic mass is 10.2. The maximum atomic E-state index is 13.1. The Morgan fingerprint density at radius 2 is 1.88 bits per heavy atom. The van der Waals surface area contributed by atoms with Gasteiger partial charge in [0.2, 0.25) is 0 Å². The van der Waals surface area contributed by atoms with Crippen LogP contribution in [-0.2, 0) is 10.0 Å². The lowest BCUT2D eigenvalue weighted by molar-refractivity contribution is 0.196. The van der Waals surface area contributed by atoms with Gasteiger partial charge >= 0.3 is 0 Å². The van der Waals surface area contributed by atoms with Crippen LogP contribution < -0.4 is 0 Å². The predicted molar refractivity (Wildman–Crippen MR) is 97.1 cm³/mol. The zero-order valence-corrected chi connectivity index (χ0v) is 15.3. The molecule has 4 heterocycles. The van der Waals surface area contributed by atoms with E-state index < -0.39 is 10.0 Å². The van der Waals surface area contributed by atoms with Gasteiger partial charge in [0.05, 0.1) is 11.9 Å². The molecule has 0 saturated carbocycles. The van der Waals surface area contributed by atoms with E-state index in [1.807, 2.05) is 18.2 Å². The Morgan fingerprint density at radius 1 is 1.08 bits per heavy atom. The van der Waals surface area contributed by atoms with Crippen LogP contribution in [0.4, 0.5) is 0 Å². The average molecular weight is 372 g/mol. The van der Waals surface area contributed by atoms with E-state index in [4.69, 9.17) is 0 Å². The fourth-order valence-electron chi connectivity index (χ4n) is 3.11. The summed E-state index contributed by atoms with van der Waals surface area (Å²) in [6.45, 7) is 5.44. The van der Waals surface area contributed by atoms with Crippen molar-refractivity contribution in [3.05, 3.63) is 42.9 Å². The summed E-state index contributed by atoms with van der Waals surface area (Å²) in [4.78, 5) is 10.5. The summed E-state index contributed by atoms with van der Waals surface area (Å²) in [7, 11) is -3.65. The van der Waals surface area contributed by atoms with Gasteiger partial charge in [-0.1, -0.05) is 6.92 Å². The van der Waals surface area contributed by atoms with E-state index in [1.54, 1.807) is 18.5 Å². The molecule has 8 nitrogen and oxygen atoms in total. The number of sulfonamides is 1. The number of nitrogens with zero attached hydrogens (tertiary/aromatic N) is 6. The standard InChI is InChI=1S/C17H20N6O2S/c1-2-21-8-10-22(11-9-21)26(24,25)17-13-19-16-6-5-15(20-23(16)17)14-4-3-7-18-12-14/h3-7,12-13H,2,8-11H2,1H3. The first-order valence-corrected chi connectivity index (χ1v) is 10.0. The molecule has 9 heteroatoms. The van der Waals surface area contributed by atoms with Gasteiger partial charge in [-0.2, -0.15) is 9.40 Å². The van der Waals surface area contributed by atoms with E-state index in [-0.39, 0.29) is 5.03 Å². The monoisotopic (exact) mass is 372 g/mol. The molecule has 1 aliphatic heterocycles. The van der Waals surface area contributed by atoms with Gasteiger partial charge in [-0.05, 0) is 30.8 Å². The second kappa shape index (κ2) is 6.75. The molecular weight excluding hydrogens is 352 g/mol. The van der Waals surface area contributed by atoms with Crippen molar-refractivity contribution in [2.75, 3.05) is 32.7 Å². The summed E-state index contributed by atoms with van der Waals surface area (Å²) in [5.74, 6) is 0. The van der Waals surface area contributed by atoms with Crippen molar-refractivity contribution < 1.29 is 8.42 Å². The molecule has 4 rings (SSSR count). The molecular formula is C17H20N6O2S. The summed E-state index contributed by atoms with van der Waals surface area (Å²) in [6, 6.07) is 7.29. The predicted octanol–water partition coefficient (Wildman–Crippen LogP) is 1.12. The van der Waals surface area contributed by atoms with Crippen molar-refractivity contribution in [2.45, 2.75) is 11.9 Å². The number of imidazole rings is 1. The quantitative estimate of drug-likeness (QED) is 0.682. The number of fused-ring (bicyclic) bond motifs is 1. The molecule has 0 radical (unpaired) electrons. The molecule has 0 aliphatic carbocycles. The van der Waals surface area contributed by atoms with Gasteiger partial charge in [-0.3, -0.25) is 4.98 Å². The summed E-state index contributed by atoms with van der Waals surface area (Å²) >= 11 is 0. The molecule has 0 bridgehead atoms. The van der Waals surface area contributed by atoms with Crippen molar-refractivity contribution in [3.8, 4) is 11.3 Å². The first-order valence-electron chi connectivity index (χ1n) is 8.57. The fraction of sp³-hybridized carbons (Fsp3) is 0.353. The molecule has 0 aromatic carbocycles. The van der Waals surface area contributed by atoms with E-state index in [2.05, 4.69) is 26.9 Å². The van der Waals surface area contributed by atoms with Crippen molar-refractivity contribution in [2.24, 2.45) is 0 Å². The molecule has 0 amide bonds. The van der Waals surface area contributed by atoms with Crippen molar-refractivity contribution in [1.82, 2.24) is 28.8 Å². The largest absolute Gasteiger partial charge is 0.301 e. The topological polar surface area (TPSA) is 83.7 Å². The third kappa shape index (κ3) is 2.98. The second-order valence-electron chi connectivity index (χ2n) is 6.17. The number of piperazine rings is 1. The summed E-state index contributed by atoms with van der Waals surface area (Å²) in [5, 5.41) is 4.60. The van der Waals surface area contributed by atoms with Crippen molar-refractivity contribution in [1.29, 1.82) is 0 Å². The fourth-order valence-corrected chi connectivity index (χ4v) is 4.56. The molecule has 1 saturated heterocycles. The van der Waals surface area contributed by atoms with Gasteiger partial charge in [-0.25, -0.2) is 17.9 Å². The van der Waals surface area contributed by atoms with Crippen LogP contribution in [0.25, 0.3) is 16.9 Å². The van der Waals surface area contributed by atoms with Gasteiger partial charge in [0.25, 0.3) is 10.0 Å². The lowest BCUT2D eigenvalue weighted by Gasteiger charge is -2.32. The summed E-state index contributed by atoms with van der Waals surface area (Å²) in [5.41, 5.74) is 1.97. The molecule has 3 aromatic rings. The van der Waals surface area contributed by atoms with Gasteiger partial charge in [0.1, 0.15) is 0 Å². The molecule has 3 aromatic heterocycles. The summed E-state index contributed by atoms with van der Waals surface area (Å²) in [6.07, 6.45) is 4.77. The first-order chi connectivity index (χ1) is 12.6. The Kier molecular flexibility index (Phi) is 4.43. The van der Waals surface area contributed by atoms with Crippen LogP contribution in [0.2, 0.25) is 0 Å². The van der Waals surface area contributed by atoms with E-state index in [0.717, 1.165) is 25.2 Å². The van der Waals surface area contributed by atoms with Gasteiger partial charge in [-0.15, -0.1) is 0 Å². The SMILES string of the molecule is CCN1CCN(S(=O)(=O)c2cnc3ccc(-c4cccnc4)nn23)CC1. The second-order valence-corrected chi connectivity index (χ2v) is 8.05. The Balaban J connectivity index is 1.72. The molecule has 26 heavy (non-hydrogen) atoms. The molecule has 1 aliphatic rings. The third-order valence-electron chi connectivity index (χ3n) is 4.67. The van der Waals surface area contributed by atoms with E-state index in [1.165, 1.54) is 15.0 Å². The Bertz CT molecular complexity index is 1010. The molecule has 0 atom stereocenters. The van der Waals surface area contributed by atoms with Gasteiger partial charge in [0, 0.05) is 44.1 Å². The molecule has 1 fully saturated rings. The normalized spacial score (nSPS) is 17.0. The molecule has 136 valence electrons. The number of aromatic nitrogens is 4. The van der Waals surface area contributed by atoms with Crippen LogP contribution in [0.1, 0.15) is 6.92 Å². The minimum absolute atomic E-state index is 0.100. The highest BCUT2D eigenvalue weighted by Gasteiger charge is 2.31. The molecule has 0 unspecified atom stereocenters. The van der Waals surface area contributed by atoms with Crippen LogP contribution in [-0.4, -0.2) is 69.9 Å². The number of hydrogen-bond donors (Lipinski definition) is 0. The van der Waals surface area contributed by atoms with Crippen molar-refractivity contribution in [3.63, 3.8) is 0 Å². The lowest BCUT2D eigenvalue weighted by Crippen LogP contribution is -2.48. The van der Waals surface area contributed by atoms with Crippen LogP contribution in [0.3, 0.4) is 0 Å². The third-order valence-corrected chi connectivity index (χ3v) is 6.52. The maximum Gasteiger partial charge on any atom is 0.262 e. The van der Waals surface area contributed by atoms with Crippen LogP contribution in [0.5, 0.6) is 0 Å². The van der Waals surface area contributed by atoms with Crippen molar-refractivity contribution >= 4 is 15.7 Å². The number of likely N-dealkylation sites (N-methyl/N-ethyl adjacent to an activating group) is 1. The Labute approximate surface area is 152 Å². The molecule has 0 spiro atoms. The van der Waals surface area contributed by atoms with E-state index in [9.17, 15) is 8.42 Å². The minimum Gasteiger partial charge on any atom is -0.301 e. The zero-order valence-electron chi connectivity index (χ0n) is 14.5. The van der Waals surface area contributed by atoms with Crippen LogP contribution in [0, 0.1) is 0 Å². The van der Waals surface area contributed by atoms with Gasteiger partial charge in [0.15, 0.2) is 10.7 Å². The number of pyridine rings is 1. The highest BCUT2D eigenvalue weighted by molar-refractivity contribution is 7.89. The van der Waals surface area contributed by atoms with E-state index >= 15 is 0 Å². The Morgan fingerprint density at radius 3 is 2.58 bits per heavy atom. The Hall–Kier alpha value is -2.36. The van der Waals surface area contributed by atoms with Gasteiger partial charge < -0.3 is 4.90 Å². The maximum absolute atomic E-state index is 13.1. The highest BCUT2D eigenvalue weighted by Crippen LogP contribution is 2.21. The zero-order chi connectivity index (χ0) is 18.1. The van der Waals surface area contributed by atoms with Crippen LogP contribution >= 0.6 is 0 Å². The summed E-state index contributed by atoms with van der Waals surface area (Å²) < 4.78 is 29.1.